The van der Waals surface area contributed by atoms with Crippen LogP contribution in [0.2, 0.25) is 0 Å². The molecule has 2 nitrogen and oxygen atoms in total. The molecule has 0 unspecified atom stereocenters. The predicted octanol–water partition coefficient (Wildman–Crippen LogP) is 0.0307. The van der Waals surface area contributed by atoms with E-state index in [1.165, 1.54) is 0 Å². The molecular formula is H5MgN2P. The summed E-state index contributed by atoms with van der Waals surface area (Å²) >= 11 is 0. The molecule has 0 saturated heterocycles. The second kappa shape index (κ2) is 9.16. The van der Waals surface area contributed by atoms with E-state index in [0.29, 0.717) is 0 Å². The average molecular weight is 88.3 g/mol. The van der Waals surface area contributed by atoms with Crippen molar-refractivity contribution in [3.63, 3.8) is 0 Å². The average Bonchev–Trinajstić information content (AvgIpc) is 0.918. The van der Waals surface area contributed by atoms with E-state index in [2.05, 4.69) is 19.7 Å². The fraction of sp³-hybridized carbons (Fsp3) is 0. The molecular weight excluding hydrogens is 83.3 g/mol. The van der Waals surface area contributed by atoms with Crippen LogP contribution in [0.3, 0.4) is 0 Å². The van der Waals surface area contributed by atoms with Crippen LogP contribution in [0.15, 0.2) is 4.85 Å². The molecule has 0 aliphatic rings. The van der Waals surface area contributed by atoms with Crippen LogP contribution in [0.1, 0.15) is 2.85 Å². The van der Waals surface area contributed by atoms with Gasteiger partial charge in [-0.1, -0.05) is 0 Å². The maximum Gasteiger partial charge on any atom is 2.00 e. The number of rotatable bonds is 0. The molecule has 0 aliphatic carbocycles. The first-order valence-corrected chi connectivity index (χ1v) is 0.929. The Labute approximate surface area is 46.2 Å². The van der Waals surface area contributed by atoms with Crippen molar-refractivity contribution in [1.82, 2.24) is 0 Å². The van der Waals surface area contributed by atoms with Gasteiger partial charge in [0.05, 0.1) is 0 Å². The Balaban J connectivity index is -0.00000000667. The zero-order chi connectivity index (χ0) is 2.71. The monoisotopic (exact) mass is 88.0 g/mol. The van der Waals surface area contributed by atoms with E-state index in [4.69, 9.17) is 0 Å². The zero-order valence-electron chi connectivity index (χ0n) is 4.23. The topological polar surface area (TPSA) is 38.4 Å². The van der Waals surface area contributed by atoms with Crippen LogP contribution in [0.25, 0.3) is 0 Å². The molecule has 4 heavy (non-hydrogen) atoms. The summed E-state index contributed by atoms with van der Waals surface area (Å²) in [4.78, 5) is 2.81. The van der Waals surface area contributed by atoms with Crippen LogP contribution in [0.5, 0.6) is 0 Å². The van der Waals surface area contributed by atoms with Gasteiger partial charge in [-0.05, 0) is 0 Å². The summed E-state index contributed by atoms with van der Waals surface area (Å²) in [6.07, 6.45) is 0. The second-order valence-corrected chi connectivity index (χ2v) is 0.387. The summed E-state index contributed by atoms with van der Waals surface area (Å²) in [5.41, 5.74) is 0. The van der Waals surface area contributed by atoms with Gasteiger partial charge >= 0.3 is 23.1 Å². The minimum Gasteiger partial charge on any atom is -1.00 e. The van der Waals surface area contributed by atoms with Crippen LogP contribution in [0, 0.1) is 0 Å². The van der Waals surface area contributed by atoms with Crippen LogP contribution < -0.4 is 5.84 Å². The molecule has 0 aromatic rings. The zero-order valence-corrected chi connectivity index (χ0v) is 4.65. The van der Waals surface area contributed by atoms with Gasteiger partial charge in [0.2, 0.25) is 0 Å². The maximum absolute atomic E-state index is 4.39. The Bertz CT molecular complexity index is 19.0. The molecule has 0 aromatic carbocycles. The summed E-state index contributed by atoms with van der Waals surface area (Å²) in [7, 11) is 2.59. The van der Waals surface area contributed by atoms with Gasteiger partial charge in [0.15, 0.2) is 0 Å². The Morgan fingerprint density at radius 2 is 2.00 bits per heavy atom. The molecule has 0 aliphatic heterocycles. The van der Waals surface area contributed by atoms with E-state index in [1.807, 2.05) is 0 Å². The summed E-state index contributed by atoms with van der Waals surface area (Å²) in [6, 6.07) is 0. The third-order valence-electron chi connectivity index (χ3n) is 0. The fourth-order valence-corrected chi connectivity index (χ4v) is 0. The van der Waals surface area contributed by atoms with E-state index in [0.717, 1.165) is 0 Å². The molecule has 2 N–H and O–H groups in total. The molecule has 0 saturated carbocycles. The maximum atomic E-state index is 4.39. The van der Waals surface area contributed by atoms with Crippen LogP contribution in [-0.2, 0) is 0 Å². The minimum atomic E-state index is 0. The Morgan fingerprint density at radius 3 is 2.00 bits per heavy atom. The van der Waals surface area contributed by atoms with Gasteiger partial charge in [-0.2, -0.15) is 4.85 Å². The van der Waals surface area contributed by atoms with E-state index in [-0.39, 0.29) is 25.9 Å². The molecule has 0 fully saturated rings. The molecule has 0 bridgehead atoms. The first-order chi connectivity index (χ1) is 1.41. The van der Waals surface area contributed by atoms with Crippen molar-refractivity contribution >= 4 is 32.1 Å². The number of nitrogens with two attached hydrogens (primary N) is 1. The number of hydrogen-bond donors (Lipinski definition) is 1. The molecule has 0 heterocycles. The minimum absolute atomic E-state index is 0. The first kappa shape index (κ1) is 8.85. The molecule has 0 radical (unpaired) electrons. The van der Waals surface area contributed by atoms with Crippen LogP contribution in [-0.4, -0.2) is 23.1 Å². The van der Waals surface area contributed by atoms with E-state index < -0.39 is 0 Å². The van der Waals surface area contributed by atoms with Crippen molar-refractivity contribution in [2.24, 2.45) is 10.7 Å². The Morgan fingerprint density at radius 1 is 2.00 bits per heavy atom. The molecule has 0 spiro atoms. The summed E-state index contributed by atoms with van der Waals surface area (Å²) in [5.74, 6) is 4.39. The normalized spacial score (nSPS) is 3.25. The number of nitrogens with zero attached hydrogens (tertiary/aromatic N) is 1. The van der Waals surface area contributed by atoms with Gasteiger partial charge < -0.3 is 2.85 Å². The summed E-state index contributed by atoms with van der Waals surface area (Å²) in [5, 5.41) is 0. The molecule has 0 atom stereocenters. The van der Waals surface area contributed by atoms with E-state index in [9.17, 15) is 0 Å². The third kappa shape index (κ3) is 13.8. The Hall–Kier alpha value is 0.826. The smallest absolute Gasteiger partial charge is 1.00 e. The fourth-order valence-electron chi connectivity index (χ4n) is 0. The number of hydrogen-bond acceptors (Lipinski definition) is 1. The summed E-state index contributed by atoms with van der Waals surface area (Å²) in [6.45, 7) is 0. The molecule has 0 rings (SSSR count). The third-order valence-corrected chi connectivity index (χ3v) is 0. The van der Waals surface area contributed by atoms with E-state index in [1.54, 1.807) is 0 Å². The second-order valence-electron chi connectivity index (χ2n) is 0.129. The van der Waals surface area contributed by atoms with Crippen LogP contribution >= 0.6 is 9.03 Å². The van der Waals surface area contributed by atoms with E-state index >= 15 is 0 Å². The van der Waals surface area contributed by atoms with Gasteiger partial charge in [0.25, 0.3) is 0 Å². The predicted molar refractivity (Wildman–Crippen MR) is 22.9 cm³/mol. The molecule has 0 aromatic heterocycles. The SMILES string of the molecule is NN=P.[H-].[H-].[Mg+2]. The molecule has 22 valence electrons. The van der Waals surface area contributed by atoms with Gasteiger partial charge in [0.1, 0.15) is 0 Å². The molecule has 0 amide bonds. The largest absolute Gasteiger partial charge is 2.00 e. The van der Waals surface area contributed by atoms with Crippen molar-refractivity contribution in [3.8, 4) is 0 Å². The van der Waals surface area contributed by atoms with Crippen molar-refractivity contribution in [1.29, 1.82) is 0 Å². The Kier molecular flexibility index (Phi) is 20.3. The molecule has 4 heteroatoms. The van der Waals surface area contributed by atoms with Gasteiger partial charge in [-0.3, -0.25) is 0 Å². The van der Waals surface area contributed by atoms with Crippen LogP contribution in [0.4, 0.5) is 0 Å². The van der Waals surface area contributed by atoms with Crippen molar-refractivity contribution in [3.05, 3.63) is 0 Å². The van der Waals surface area contributed by atoms with Gasteiger partial charge in [-0.25, -0.2) is 5.84 Å². The van der Waals surface area contributed by atoms with Gasteiger partial charge in [-0.15, -0.1) is 0 Å². The summed E-state index contributed by atoms with van der Waals surface area (Å²) < 4.78 is 0. The quantitative estimate of drug-likeness (QED) is 0.193. The van der Waals surface area contributed by atoms with Crippen molar-refractivity contribution in [2.45, 2.75) is 0 Å². The van der Waals surface area contributed by atoms with Gasteiger partial charge in [0, 0.05) is 9.03 Å². The van der Waals surface area contributed by atoms with Crippen molar-refractivity contribution in [2.75, 3.05) is 0 Å². The van der Waals surface area contributed by atoms with Crippen molar-refractivity contribution < 1.29 is 2.85 Å². The first-order valence-electron chi connectivity index (χ1n) is 0.482. The standard InChI is InChI=1S/Mg.H3N2P.2H/c;1-2-3;;/h;3H,1H2;;/q+2;;2*-1.